The van der Waals surface area contributed by atoms with Crippen LogP contribution in [-0.4, -0.2) is 49.7 Å². The minimum atomic E-state index is -0.210. The maximum absolute atomic E-state index is 11.7. The zero-order chi connectivity index (χ0) is 17.4. The molecule has 0 atom stereocenters. The second kappa shape index (κ2) is 9.15. The van der Waals surface area contributed by atoms with Gasteiger partial charge in [-0.3, -0.25) is 4.99 Å². The largest absolute Gasteiger partial charge is 0.450 e. The Morgan fingerprint density at radius 1 is 1.38 bits per heavy atom. The molecule has 1 aliphatic heterocycles. The van der Waals surface area contributed by atoms with Crippen LogP contribution in [0.3, 0.4) is 0 Å². The van der Waals surface area contributed by atoms with Gasteiger partial charge in [0.05, 0.1) is 6.61 Å². The molecule has 132 valence electrons. The number of piperidine rings is 1. The standard InChI is InChI=1S/C18H28N4O2/c1-4-24-18(23)22-10-8-16(9-11-22)21-17(19-3)20-13-15-7-5-6-14(2)12-15/h5-7,12,16H,4,8-11,13H2,1-3H3,(H2,19,20,21). The molecule has 0 aromatic heterocycles. The fourth-order valence-electron chi connectivity index (χ4n) is 2.82. The topological polar surface area (TPSA) is 66.0 Å². The average molecular weight is 332 g/mol. The number of benzene rings is 1. The van der Waals surface area contributed by atoms with Crippen molar-refractivity contribution in [3.63, 3.8) is 0 Å². The van der Waals surface area contributed by atoms with Crippen LogP contribution < -0.4 is 10.6 Å². The first kappa shape index (κ1) is 18.1. The zero-order valence-corrected chi connectivity index (χ0v) is 14.8. The van der Waals surface area contributed by atoms with Crippen molar-refractivity contribution in [2.75, 3.05) is 26.7 Å². The summed E-state index contributed by atoms with van der Waals surface area (Å²) in [7, 11) is 1.78. The first-order chi connectivity index (χ1) is 11.6. The van der Waals surface area contributed by atoms with Gasteiger partial charge in [-0.15, -0.1) is 0 Å². The zero-order valence-electron chi connectivity index (χ0n) is 14.8. The maximum atomic E-state index is 11.7. The molecule has 0 unspecified atom stereocenters. The third kappa shape index (κ3) is 5.44. The molecule has 0 radical (unpaired) electrons. The minimum Gasteiger partial charge on any atom is -0.450 e. The summed E-state index contributed by atoms with van der Waals surface area (Å²) in [6.45, 7) is 6.51. The highest BCUT2D eigenvalue weighted by Crippen LogP contribution is 2.11. The molecule has 6 heteroatoms. The van der Waals surface area contributed by atoms with Crippen LogP contribution >= 0.6 is 0 Å². The lowest BCUT2D eigenvalue weighted by atomic mass is 10.1. The highest BCUT2D eigenvalue weighted by Gasteiger charge is 2.23. The van der Waals surface area contributed by atoms with E-state index in [9.17, 15) is 4.79 Å². The molecule has 0 spiro atoms. The van der Waals surface area contributed by atoms with Gasteiger partial charge in [-0.25, -0.2) is 4.79 Å². The molecule has 24 heavy (non-hydrogen) atoms. The van der Waals surface area contributed by atoms with Crippen molar-refractivity contribution in [1.82, 2.24) is 15.5 Å². The van der Waals surface area contributed by atoms with E-state index in [1.54, 1.807) is 11.9 Å². The fourth-order valence-corrected chi connectivity index (χ4v) is 2.82. The summed E-state index contributed by atoms with van der Waals surface area (Å²) in [5, 5.41) is 6.79. The summed E-state index contributed by atoms with van der Waals surface area (Å²) in [5.74, 6) is 0.797. The smallest absolute Gasteiger partial charge is 0.409 e. The number of ether oxygens (including phenoxy) is 1. The van der Waals surface area contributed by atoms with E-state index in [0.717, 1.165) is 25.3 Å². The van der Waals surface area contributed by atoms with Crippen LogP contribution in [0, 0.1) is 6.92 Å². The molecule has 6 nitrogen and oxygen atoms in total. The molecule has 0 bridgehead atoms. The molecule has 1 heterocycles. The SMILES string of the molecule is CCOC(=O)N1CCC(NC(=NC)NCc2cccc(C)c2)CC1. The molecular formula is C18H28N4O2. The van der Waals surface area contributed by atoms with Gasteiger partial charge < -0.3 is 20.3 Å². The number of carbonyl (C=O) groups is 1. The number of hydrogen-bond acceptors (Lipinski definition) is 3. The number of amides is 1. The highest BCUT2D eigenvalue weighted by atomic mass is 16.6. The van der Waals surface area contributed by atoms with Crippen molar-refractivity contribution in [3.05, 3.63) is 35.4 Å². The summed E-state index contributed by atoms with van der Waals surface area (Å²) < 4.78 is 5.05. The van der Waals surface area contributed by atoms with Crippen molar-refractivity contribution in [2.24, 2.45) is 4.99 Å². The molecule has 0 aliphatic carbocycles. The maximum Gasteiger partial charge on any atom is 0.409 e. The first-order valence-electron chi connectivity index (χ1n) is 8.56. The Kier molecular flexibility index (Phi) is 6.90. The van der Waals surface area contributed by atoms with Gasteiger partial charge in [0.15, 0.2) is 5.96 Å². The number of aliphatic imine (C=N–C) groups is 1. The Labute approximate surface area is 144 Å². The Bertz CT molecular complexity index is 566. The van der Waals surface area contributed by atoms with Gasteiger partial charge in [0.25, 0.3) is 0 Å². The Morgan fingerprint density at radius 3 is 2.75 bits per heavy atom. The number of nitrogens with one attached hydrogen (secondary N) is 2. The van der Waals surface area contributed by atoms with Crippen molar-refractivity contribution in [1.29, 1.82) is 0 Å². The average Bonchev–Trinajstić information content (AvgIpc) is 2.59. The Hall–Kier alpha value is -2.24. The molecule has 0 saturated carbocycles. The number of carbonyl (C=O) groups excluding carboxylic acids is 1. The number of likely N-dealkylation sites (tertiary alicyclic amines) is 1. The number of aryl methyl sites for hydroxylation is 1. The van der Waals surface area contributed by atoms with Crippen LogP contribution in [0.1, 0.15) is 30.9 Å². The van der Waals surface area contributed by atoms with Crippen LogP contribution in [0.4, 0.5) is 4.79 Å². The number of nitrogens with zero attached hydrogens (tertiary/aromatic N) is 2. The summed E-state index contributed by atoms with van der Waals surface area (Å²) in [6, 6.07) is 8.74. The monoisotopic (exact) mass is 332 g/mol. The van der Waals surface area contributed by atoms with Gasteiger partial charge in [-0.05, 0) is 32.3 Å². The normalized spacial score (nSPS) is 16.0. The summed E-state index contributed by atoms with van der Waals surface area (Å²) in [5.41, 5.74) is 2.48. The van der Waals surface area contributed by atoms with E-state index in [4.69, 9.17) is 4.74 Å². The highest BCUT2D eigenvalue weighted by molar-refractivity contribution is 5.80. The Morgan fingerprint density at radius 2 is 2.12 bits per heavy atom. The van der Waals surface area contributed by atoms with Crippen molar-refractivity contribution in [2.45, 2.75) is 39.3 Å². The van der Waals surface area contributed by atoms with Gasteiger partial charge in [-0.1, -0.05) is 29.8 Å². The quantitative estimate of drug-likeness (QED) is 0.656. The van der Waals surface area contributed by atoms with Gasteiger partial charge >= 0.3 is 6.09 Å². The van der Waals surface area contributed by atoms with Crippen molar-refractivity contribution < 1.29 is 9.53 Å². The predicted molar refractivity (Wildman–Crippen MR) is 96.1 cm³/mol. The molecule has 2 rings (SSSR count). The third-order valence-corrected chi connectivity index (χ3v) is 4.13. The lowest BCUT2D eigenvalue weighted by Gasteiger charge is -2.32. The van der Waals surface area contributed by atoms with E-state index in [1.165, 1.54) is 11.1 Å². The summed E-state index contributed by atoms with van der Waals surface area (Å²) in [6.07, 6.45) is 1.58. The van der Waals surface area contributed by atoms with Crippen LogP contribution in [-0.2, 0) is 11.3 Å². The van der Waals surface area contributed by atoms with Crippen LogP contribution in [0.5, 0.6) is 0 Å². The van der Waals surface area contributed by atoms with Gasteiger partial charge in [-0.2, -0.15) is 0 Å². The van der Waals surface area contributed by atoms with E-state index in [0.29, 0.717) is 25.7 Å². The second-order valence-electron chi connectivity index (χ2n) is 6.02. The van der Waals surface area contributed by atoms with Gasteiger partial charge in [0.1, 0.15) is 0 Å². The van der Waals surface area contributed by atoms with E-state index < -0.39 is 0 Å². The predicted octanol–water partition coefficient (Wildman–Crippen LogP) is 2.28. The van der Waals surface area contributed by atoms with Gasteiger partial charge in [0, 0.05) is 32.7 Å². The second-order valence-corrected chi connectivity index (χ2v) is 6.02. The summed E-state index contributed by atoms with van der Waals surface area (Å²) >= 11 is 0. The first-order valence-corrected chi connectivity index (χ1v) is 8.56. The van der Waals surface area contributed by atoms with Crippen LogP contribution in [0.25, 0.3) is 0 Å². The molecule has 1 amide bonds. The number of hydrogen-bond donors (Lipinski definition) is 2. The number of rotatable bonds is 4. The lowest BCUT2D eigenvalue weighted by molar-refractivity contribution is 0.0963. The molecule has 1 saturated heterocycles. The third-order valence-electron chi connectivity index (χ3n) is 4.13. The van der Waals surface area contributed by atoms with E-state index in [1.807, 2.05) is 6.92 Å². The fraction of sp³-hybridized carbons (Fsp3) is 0.556. The molecule has 1 aromatic rings. The molecular weight excluding hydrogens is 304 g/mol. The van der Waals surface area contributed by atoms with Gasteiger partial charge in [0.2, 0.25) is 0 Å². The van der Waals surface area contributed by atoms with Crippen molar-refractivity contribution in [3.8, 4) is 0 Å². The van der Waals surface area contributed by atoms with E-state index >= 15 is 0 Å². The van der Waals surface area contributed by atoms with Crippen LogP contribution in [0.2, 0.25) is 0 Å². The Balaban J connectivity index is 1.77. The number of guanidine groups is 1. The molecule has 2 N–H and O–H groups in total. The summed E-state index contributed by atoms with van der Waals surface area (Å²) in [4.78, 5) is 17.8. The molecule has 1 aliphatic rings. The lowest BCUT2D eigenvalue weighted by Crippen LogP contribution is -2.49. The molecule has 1 aromatic carbocycles. The molecule has 1 fully saturated rings. The van der Waals surface area contributed by atoms with Crippen LogP contribution in [0.15, 0.2) is 29.3 Å². The van der Waals surface area contributed by atoms with E-state index in [2.05, 4.69) is 46.8 Å². The minimum absolute atomic E-state index is 0.210. The van der Waals surface area contributed by atoms with Crippen molar-refractivity contribution >= 4 is 12.1 Å². The van der Waals surface area contributed by atoms with E-state index in [-0.39, 0.29) is 6.09 Å².